The summed E-state index contributed by atoms with van der Waals surface area (Å²) in [6, 6.07) is 12.0. The SMILES string of the molecule is CC(C)(O)CC(=O)Nc1ccc(-c2c[nH]c3cc(F)ccc23)cc1. The van der Waals surface area contributed by atoms with Gasteiger partial charge in [-0.15, -0.1) is 0 Å². The summed E-state index contributed by atoms with van der Waals surface area (Å²) >= 11 is 0. The molecular formula is C19H19FN2O2. The van der Waals surface area contributed by atoms with E-state index in [0.717, 1.165) is 22.0 Å². The molecule has 0 fully saturated rings. The highest BCUT2D eigenvalue weighted by molar-refractivity contribution is 5.96. The highest BCUT2D eigenvalue weighted by atomic mass is 19.1. The number of hydrogen-bond acceptors (Lipinski definition) is 2. The van der Waals surface area contributed by atoms with Gasteiger partial charge in [-0.1, -0.05) is 12.1 Å². The minimum atomic E-state index is -1.04. The molecule has 0 aliphatic rings. The molecule has 0 aliphatic carbocycles. The number of nitrogens with one attached hydrogen (secondary N) is 2. The number of fused-ring (bicyclic) bond motifs is 1. The second-order valence-electron chi connectivity index (χ2n) is 6.51. The molecule has 0 aliphatic heterocycles. The lowest BCUT2D eigenvalue weighted by Gasteiger charge is -2.16. The van der Waals surface area contributed by atoms with Gasteiger partial charge in [-0.3, -0.25) is 4.79 Å². The zero-order chi connectivity index (χ0) is 17.3. The molecule has 1 amide bonds. The Balaban J connectivity index is 1.80. The number of aromatic nitrogens is 1. The molecule has 0 radical (unpaired) electrons. The van der Waals surface area contributed by atoms with Crippen molar-refractivity contribution in [1.82, 2.24) is 4.98 Å². The van der Waals surface area contributed by atoms with E-state index in [-0.39, 0.29) is 18.1 Å². The Kier molecular flexibility index (Phi) is 4.11. The molecule has 0 saturated heterocycles. The van der Waals surface area contributed by atoms with Crippen LogP contribution in [0.5, 0.6) is 0 Å². The largest absolute Gasteiger partial charge is 0.390 e. The van der Waals surface area contributed by atoms with Gasteiger partial charge in [-0.05, 0) is 49.7 Å². The van der Waals surface area contributed by atoms with Crippen LogP contribution in [0.2, 0.25) is 0 Å². The maximum Gasteiger partial charge on any atom is 0.227 e. The molecule has 3 rings (SSSR count). The number of halogens is 1. The lowest BCUT2D eigenvalue weighted by Crippen LogP contribution is -2.27. The van der Waals surface area contributed by atoms with Crippen LogP contribution in [0.4, 0.5) is 10.1 Å². The van der Waals surface area contributed by atoms with E-state index in [0.29, 0.717) is 5.69 Å². The second kappa shape index (κ2) is 6.09. The summed E-state index contributed by atoms with van der Waals surface area (Å²) in [5.74, 6) is -0.515. The molecule has 4 nitrogen and oxygen atoms in total. The second-order valence-corrected chi connectivity index (χ2v) is 6.51. The molecule has 3 N–H and O–H groups in total. The summed E-state index contributed by atoms with van der Waals surface area (Å²) in [5.41, 5.74) is 2.31. The Labute approximate surface area is 139 Å². The molecular weight excluding hydrogens is 307 g/mol. The smallest absolute Gasteiger partial charge is 0.227 e. The van der Waals surface area contributed by atoms with Crippen molar-refractivity contribution in [2.45, 2.75) is 25.9 Å². The number of benzene rings is 2. The summed E-state index contributed by atoms with van der Waals surface area (Å²) in [5, 5.41) is 13.4. The number of aliphatic hydroxyl groups is 1. The normalized spacial score (nSPS) is 11.7. The van der Waals surface area contributed by atoms with Gasteiger partial charge < -0.3 is 15.4 Å². The van der Waals surface area contributed by atoms with Crippen molar-refractivity contribution in [3.8, 4) is 11.1 Å². The predicted molar refractivity (Wildman–Crippen MR) is 93.2 cm³/mol. The topological polar surface area (TPSA) is 65.1 Å². The molecule has 124 valence electrons. The lowest BCUT2D eigenvalue weighted by molar-refractivity contribution is -0.119. The van der Waals surface area contributed by atoms with Crippen LogP contribution in [0, 0.1) is 5.82 Å². The highest BCUT2D eigenvalue weighted by Gasteiger charge is 2.18. The van der Waals surface area contributed by atoms with Gasteiger partial charge in [-0.2, -0.15) is 0 Å². The number of rotatable bonds is 4. The molecule has 0 unspecified atom stereocenters. The molecule has 3 aromatic rings. The van der Waals surface area contributed by atoms with Gasteiger partial charge >= 0.3 is 0 Å². The van der Waals surface area contributed by atoms with Crippen molar-refractivity contribution in [2.75, 3.05) is 5.32 Å². The number of hydrogen-bond donors (Lipinski definition) is 3. The van der Waals surface area contributed by atoms with Crippen LogP contribution < -0.4 is 5.32 Å². The monoisotopic (exact) mass is 326 g/mol. The summed E-state index contributed by atoms with van der Waals surface area (Å²) in [4.78, 5) is 14.9. The van der Waals surface area contributed by atoms with Crippen LogP contribution in [-0.4, -0.2) is 21.6 Å². The van der Waals surface area contributed by atoms with Gasteiger partial charge in [0.15, 0.2) is 0 Å². The van der Waals surface area contributed by atoms with Crippen LogP contribution in [0.25, 0.3) is 22.0 Å². The first-order valence-corrected chi connectivity index (χ1v) is 7.71. The van der Waals surface area contributed by atoms with Crippen LogP contribution >= 0.6 is 0 Å². The molecule has 1 aromatic heterocycles. The number of aromatic amines is 1. The van der Waals surface area contributed by atoms with Gasteiger partial charge in [0.1, 0.15) is 5.82 Å². The van der Waals surface area contributed by atoms with Crippen LogP contribution in [0.15, 0.2) is 48.7 Å². The van der Waals surface area contributed by atoms with E-state index in [1.807, 2.05) is 18.3 Å². The summed E-state index contributed by atoms with van der Waals surface area (Å²) < 4.78 is 13.3. The summed E-state index contributed by atoms with van der Waals surface area (Å²) in [6.45, 7) is 3.19. The third-order valence-corrected chi connectivity index (χ3v) is 3.72. The Morgan fingerprint density at radius 3 is 2.58 bits per heavy atom. The Morgan fingerprint density at radius 2 is 1.92 bits per heavy atom. The fourth-order valence-electron chi connectivity index (χ4n) is 2.67. The molecule has 0 atom stereocenters. The van der Waals surface area contributed by atoms with Crippen LogP contribution in [0.3, 0.4) is 0 Å². The Hall–Kier alpha value is -2.66. The zero-order valence-corrected chi connectivity index (χ0v) is 13.6. The van der Waals surface area contributed by atoms with Crippen LogP contribution in [0.1, 0.15) is 20.3 Å². The van der Waals surface area contributed by atoms with E-state index >= 15 is 0 Å². The first-order valence-electron chi connectivity index (χ1n) is 7.71. The van der Waals surface area contributed by atoms with Gasteiger partial charge in [0.2, 0.25) is 5.91 Å². The molecule has 24 heavy (non-hydrogen) atoms. The Bertz CT molecular complexity index is 877. The highest BCUT2D eigenvalue weighted by Crippen LogP contribution is 2.29. The fourth-order valence-corrected chi connectivity index (χ4v) is 2.67. The van der Waals surface area contributed by atoms with Gasteiger partial charge in [0.25, 0.3) is 0 Å². The van der Waals surface area contributed by atoms with Crippen molar-refractivity contribution in [3.05, 3.63) is 54.5 Å². The average Bonchev–Trinajstić information content (AvgIpc) is 2.89. The first-order chi connectivity index (χ1) is 11.3. The third kappa shape index (κ3) is 3.63. The molecule has 0 bridgehead atoms. The standard InChI is InChI=1S/C19H19FN2O2/c1-19(2,24)10-18(23)22-14-6-3-12(4-7-14)16-11-21-17-9-13(20)5-8-15(16)17/h3-9,11,21,24H,10H2,1-2H3,(H,22,23). The van der Waals surface area contributed by atoms with Crippen molar-refractivity contribution < 1.29 is 14.3 Å². The number of anilines is 1. The molecule has 0 spiro atoms. The lowest BCUT2D eigenvalue weighted by atomic mass is 10.0. The van der Waals surface area contributed by atoms with Crippen molar-refractivity contribution in [1.29, 1.82) is 0 Å². The van der Waals surface area contributed by atoms with E-state index < -0.39 is 5.60 Å². The van der Waals surface area contributed by atoms with Crippen molar-refractivity contribution in [2.24, 2.45) is 0 Å². The maximum absolute atomic E-state index is 13.3. The average molecular weight is 326 g/mol. The van der Waals surface area contributed by atoms with Crippen LogP contribution in [-0.2, 0) is 4.79 Å². The predicted octanol–water partition coefficient (Wildman–Crippen LogP) is 4.07. The van der Waals surface area contributed by atoms with E-state index in [1.54, 1.807) is 32.0 Å². The molecule has 0 saturated carbocycles. The third-order valence-electron chi connectivity index (χ3n) is 3.72. The minimum Gasteiger partial charge on any atom is -0.390 e. The molecule has 2 aromatic carbocycles. The zero-order valence-electron chi connectivity index (χ0n) is 13.6. The van der Waals surface area contributed by atoms with Crippen molar-refractivity contribution in [3.63, 3.8) is 0 Å². The number of carbonyl (C=O) groups is 1. The fraction of sp³-hybridized carbons (Fsp3) is 0.211. The van der Waals surface area contributed by atoms with E-state index in [9.17, 15) is 14.3 Å². The van der Waals surface area contributed by atoms with Gasteiger partial charge in [-0.25, -0.2) is 4.39 Å². The minimum absolute atomic E-state index is 0.0305. The first kappa shape index (κ1) is 16.2. The number of H-pyrrole nitrogens is 1. The van der Waals surface area contributed by atoms with E-state index in [1.165, 1.54) is 12.1 Å². The van der Waals surface area contributed by atoms with Gasteiger partial charge in [0, 0.05) is 28.4 Å². The Morgan fingerprint density at radius 1 is 1.21 bits per heavy atom. The summed E-state index contributed by atoms with van der Waals surface area (Å²) in [6.07, 6.45) is 1.87. The van der Waals surface area contributed by atoms with Gasteiger partial charge in [0.05, 0.1) is 12.0 Å². The number of amides is 1. The van der Waals surface area contributed by atoms with E-state index in [4.69, 9.17) is 0 Å². The quantitative estimate of drug-likeness (QED) is 0.676. The molecule has 5 heteroatoms. The van der Waals surface area contributed by atoms with E-state index in [2.05, 4.69) is 10.3 Å². The maximum atomic E-state index is 13.3. The summed E-state index contributed by atoms with van der Waals surface area (Å²) in [7, 11) is 0. The molecule has 1 heterocycles. The van der Waals surface area contributed by atoms with Crippen molar-refractivity contribution >= 4 is 22.5 Å². The number of carbonyl (C=O) groups excluding carboxylic acids is 1.